The van der Waals surface area contributed by atoms with E-state index in [2.05, 4.69) is 47.0 Å². The molecule has 6 rings (SSSR count). The number of fused-ring (bicyclic) bond motifs is 2. The van der Waals surface area contributed by atoms with Crippen LogP contribution in [0.4, 0.5) is 0 Å². The summed E-state index contributed by atoms with van der Waals surface area (Å²) in [6.07, 6.45) is 5.43. The first kappa shape index (κ1) is 17.0. The van der Waals surface area contributed by atoms with E-state index in [1.807, 2.05) is 36.9 Å². The number of aryl methyl sites for hydroxylation is 1. The van der Waals surface area contributed by atoms with E-state index >= 15 is 0 Å². The average Bonchev–Trinajstić information content (AvgIpc) is 3.54. The van der Waals surface area contributed by atoms with E-state index in [1.54, 1.807) is 23.7 Å². The lowest BCUT2D eigenvalue weighted by molar-refractivity contribution is 0.862. The Kier molecular flexibility index (Phi) is 3.59. The molecule has 0 aliphatic rings. The molecule has 0 atom stereocenters. The standard InChI is InChI=1S/C21H16N8S/c1-11-23-9-17(29(11)2)15-7-14-16(8-24-15)27-28-19(14)21-25-18-13(12-4-6-30-10-12)3-5-22-20(18)26-21/h3-10H,1-2H3,(H,27,28)(H,22,25,26). The van der Waals surface area contributed by atoms with Crippen LogP contribution in [0.15, 0.2) is 47.5 Å². The van der Waals surface area contributed by atoms with Gasteiger partial charge in [0.15, 0.2) is 11.5 Å². The second-order valence-corrected chi connectivity index (χ2v) is 7.87. The molecule has 0 amide bonds. The molecule has 6 aromatic rings. The lowest BCUT2D eigenvalue weighted by Crippen LogP contribution is -1.95. The molecule has 146 valence electrons. The molecular weight excluding hydrogens is 396 g/mol. The summed E-state index contributed by atoms with van der Waals surface area (Å²) in [5.74, 6) is 1.60. The van der Waals surface area contributed by atoms with Gasteiger partial charge in [0.05, 0.1) is 29.3 Å². The molecule has 6 heterocycles. The summed E-state index contributed by atoms with van der Waals surface area (Å²) >= 11 is 1.66. The maximum atomic E-state index is 4.85. The van der Waals surface area contributed by atoms with E-state index < -0.39 is 0 Å². The number of nitrogens with zero attached hydrogens (tertiary/aromatic N) is 6. The molecule has 0 aromatic carbocycles. The van der Waals surface area contributed by atoms with Gasteiger partial charge in [-0.3, -0.25) is 10.1 Å². The lowest BCUT2D eigenvalue weighted by atomic mass is 10.1. The first-order chi connectivity index (χ1) is 14.7. The fourth-order valence-electron chi connectivity index (χ4n) is 3.65. The quantitative estimate of drug-likeness (QED) is 0.450. The van der Waals surface area contributed by atoms with Crippen LogP contribution in [0.3, 0.4) is 0 Å². The zero-order valence-electron chi connectivity index (χ0n) is 16.2. The molecule has 0 fully saturated rings. The molecule has 0 spiro atoms. The van der Waals surface area contributed by atoms with Gasteiger partial charge in [-0.25, -0.2) is 15.0 Å². The number of H-pyrrole nitrogens is 2. The number of nitrogens with one attached hydrogen (secondary N) is 2. The number of aromatic nitrogens is 8. The number of imidazole rings is 2. The van der Waals surface area contributed by atoms with E-state index in [9.17, 15) is 0 Å². The Hall–Kier alpha value is -3.85. The first-order valence-electron chi connectivity index (χ1n) is 9.39. The summed E-state index contributed by atoms with van der Waals surface area (Å²) in [6, 6.07) is 6.10. The first-order valence-corrected chi connectivity index (χ1v) is 10.3. The molecule has 0 bridgehead atoms. The van der Waals surface area contributed by atoms with Crippen molar-refractivity contribution in [2.45, 2.75) is 6.92 Å². The number of thiophene rings is 1. The number of aromatic amines is 2. The Bertz CT molecular complexity index is 1520. The van der Waals surface area contributed by atoms with Crippen LogP contribution in [-0.4, -0.2) is 39.7 Å². The monoisotopic (exact) mass is 412 g/mol. The fraction of sp³-hybridized carbons (Fsp3) is 0.0952. The molecule has 0 saturated carbocycles. The van der Waals surface area contributed by atoms with Crippen LogP contribution in [0, 0.1) is 6.92 Å². The van der Waals surface area contributed by atoms with Gasteiger partial charge in [0, 0.05) is 24.2 Å². The number of hydrogen-bond donors (Lipinski definition) is 2. The average molecular weight is 412 g/mol. The normalized spacial score (nSPS) is 11.7. The van der Waals surface area contributed by atoms with Gasteiger partial charge in [-0.15, -0.1) is 0 Å². The molecule has 0 saturated heterocycles. The number of pyridine rings is 2. The van der Waals surface area contributed by atoms with Crippen LogP contribution in [-0.2, 0) is 7.05 Å². The van der Waals surface area contributed by atoms with Crippen LogP contribution >= 0.6 is 11.3 Å². The molecule has 0 aliphatic heterocycles. The Balaban J connectivity index is 1.53. The van der Waals surface area contributed by atoms with E-state index in [0.717, 1.165) is 56.1 Å². The van der Waals surface area contributed by atoms with Gasteiger partial charge in [0.2, 0.25) is 0 Å². The van der Waals surface area contributed by atoms with E-state index in [4.69, 9.17) is 4.98 Å². The second kappa shape index (κ2) is 6.33. The summed E-state index contributed by atoms with van der Waals surface area (Å²) in [7, 11) is 1.98. The van der Waals surface area contributed by atoms with Crippen LogP contribution < -0.4 is 0 Å². The molecular formula is C21H16N8S. The second-order valence-electron chi connectivity index (χ2n) is 7.09. The van der Waals surface area contributed by atoms with Crippen molar-refractivity contribution < 1.29 is 0 Å². The highest BCUT2D eigenvalue weighted by atomic mass is 32.1. The summed E-state index contributed by atoms with van der Waals surface area (Å²) in [4.78, 5) is 21.6. The SMILES string of the molecule is Cc1ncc(-c2cc3c(-c4nc5c(-c6ccsc6)ccnc5[nH]4)n[nH]c3cn2)n1C. The van der Waals surface area contributed by atoms with Crippen molar-refractivity contribution in [3.8, 4) is 34.0 Å². The molecule has 8 nitrogen and oxygen atoms in total. The van der Waals surface area contributed by atoms with Crippen molar-refractivity contribution in [3.05, 3.63) is 53.4 Å². The topological polar surface area (TPSA) is 101 Å². The van der Waals surface area contributed by atoms with Crippen molar-refractivity contribution in [1.29, 1.82) is 0 Å². The zero-order valence-corrected chi connectivity index (χ0v) is 17.0. The van der Waals surface area contributed by atoms with E-state index in [1.165, 1.54) is 0 Å². The van der Waals surface area contributed by atoms with Crippen molar-refractivity contribution in [1.82, 2.24) is 39.7 Å². The fourth-order valence-corrected chi connectivity index (χ4v) is 4.31. The van der Waals surface area contributed by atoms with Crippen molar-refractivity contribution >= 4 is 33.4 Å². The van der Waals surface area contributed by atoms with Crippen molar-refractivity contribution in [2.24, 2.45) is 7.05 Å². The molecule has 0 unspecified atom stereocenters. The van der Waals surface area contributed by atoms with Crippen LogP contribution in [0.25, 0.3) is 56.1 Å². The van der Waals surface area contributed by atoms with Crippen molar-refractivity contribution in [2.75, 3.05) is 0 Å². The van der Waals surface area contributed by atoms with Gasteiger partial charge in [-0.1, -0.05) is 0 Å². The largest absolute Gasteiger partial charge is 0.330 e. The van der Waals surface area contributed by atoms with Crippen LogP contribution in [0.5, 0.6) is 0 Å². The highest BCUT2D eigenvalue weighted by Crippen LogP contribution is 2.32. The summed E-state index contributed by atoms with van der Waals surface area (Å²) < 4.78 is 2.02. The van der Waals surface area contributed by atoms with Gasteiger partial charge < -0.3 is 9.55 Å². The maximum Gasteiger partial charge on any atom is 0.160 e. The highest BCUT2D eigenvalue weighted by Gasteiger charge is 2.17. The third-order valence-corrected chi connectivity index (χ3v) is 6.05. The van der Waals surface area contributed by atoms with Gasteiger partial charge in [0.1, 0.15) is 17.0 Å². The van der Waals surface area contributed by atoms with Gasteiger partial charge >= 0.3 is 0 Å². The van der Waals surface area contributed by atoms with E-state index in [0.29, 0.717) is 5.82 Å². The van der Waals surface area contributed by atoms with Gasteiger partial charge in [0.25, 0.3) is 0 Å². The summed E-state index contributed by atoms with van der Waals surface area (Å²) in [5.41, 5.74) is 7.13. The Morgan fingerprint density at radius 1 is 1.10 bits per heavy atom. The minimum atomic E-state index is 0.671. The maximum absolute atomic E-state index is 4.85. The zero-order chi connectivity index (χ0) is 20.2. The van der Waals surface area contributed by atoms with Crippen LogP contribution in [0.2, 0.25) is 0 Å². The molecule has 9 heteroatoms. The van der Waals surface area contributed by atoms with Gasteiger partial charge in [-0.05, 0) is 41.4 Å². The predicted octanol–water partition coefficient (Wildman–Crippen LogP) is 4.33. The Morgan fingerprint density at radius 3 is 2.83 bits per heavy atom. The summed E-state index contributed by atoms with van der Waals surface area (Å²) in [6.45, 7) is 1.97. The summed E-state index contributed by atoms with van der Waals surface area (Å²) in [5, 5.41) is 12.7. The minimum absolute atomic E-state index is 0.671. The number of hydrogen-bond acceptors (Lipinski definition) is 6. The molecule has 0 radical (unpaired) electrons. The number of rotatable bonds is 3. The Morgan fingerprint density at radius 2 is 2.03 bits per heavy atom. The third-order valence-electron chi connectivity index (χ3n) is 5.37. The lowest BCUT2D eigenvalue weighted by Gasteiger charge is -2.03. The molecule has 30 heavy (non-hydrogen) atoms. The molecule has 0 aliphatic carbocycles. The van der Waals surface area contributed by atoms with Gasteiger partial charge in [-0.2, -0.15) is 16.4 Å². The predicted molar refractivity (Wildman–Crippen MR) is 117 cm³/mol. The molecule has 2 N–H and O–H groups in total. The Labute approximate surface area is 174 Å². The highest BCUT2D eigenvalue weighted by molar-refractivity contribution is 7.08. The van der Waals surface area contributed by atoms with Crippen molar-refractivity contribution in [3.63, 3.8) is 0 Å². The van der Waals surface area contributed by atoms with E-state index in [-0.39, 0.29) is 0 Å². The third kappa shape index (κ3) is 2.49. The molecule has 6 aromatic heterocycles. The minimum Gasteiger partial charge on any atom is -0.330 e. The van der Waals surface area contributed by atoms with Crippen LogP contribution in [0.1, 0.15) is 5.82 Å². The smallest absolute Gasteiger partial charge is 0.160 e.